The van der Waals surface area contributed by atoms with Crippen LogP contribution in [0.2, 0.25) is 0 Å². The molecule has 0 bridgehead atoms. The Morgan fingerprint density at radius 1 is 0.906 bits per heavy atom. The fourth-order valence-electron chi connectivity index (χ4n) is 3.15. The third kappa shape index (κ3) is 4.75. The quantitative estimate of drug-likeness (QED) is 0.279. The van der Waals surface area contributed by atoms with Gasteiger partial charge in [0, 0.05) is 10.9 Å². The van der Waals surface area contributed by atoms with Crippen LogP contribution < -0.4 is 5.32 Å². The fraction of sp³-hybridized carbons (Fsp3) is 0.125. The molecular weight excluding hydrogens is 435 g/mol. The van der Waals surface area contributed by atoms with Crippen LogP contribution in [0.3, 0.4) is 0 Å². The summed E-state index contributed by atoms with van der Waals surface area (Å²) in [6.45, 7) is 1.63. The number of nitrogens with one attached hydrogen (secondary N) is 1. The molecule has 0 aliphatic rings. The number of rotatable bonds is 5. The number of anilines is 1. The van der Waals surface area contributed by atoms with E-state index in [0.717, 1.165) is 22.5 Å². The third-order valence-corrected chi connectivity index (χ3v) is 5.85. The van der Waals surface area contributed by atoms with Gasteiger partial charge in [-0.15, -0.1) is 0 Å². The molecule has 0 aliphatic carbocycles. The SMILES string of the molecule is C[C@H](Sc1nc(-c2ccccc2)nc2ccccc12)C(=O)Nc1ccccc1C(F)(F)F. The molecule has 1 atom stereocenters. The molecule has 0 fully saturated rings. The zero-order valence-corrected chi connectivity index (χ0v) is 17.7. The van der Waals surface area contributed by atoms with Crippen LogP contribution in [0.5, 0.6) is 0 Å². The Morgan fingerprint density at radius 3 is 2.31 bits per heavy atom. The molecule has 4 rings (SSSR count). The number of alkyl halides is 3. The zero-order chi connectivity index (χ0) is 22.7. The van der Waals surface area contributed by atoms with Gasteiger partial charge in [0.2, 0.25) is 5.91 Å². The second-order valence-electron chi connectivity index (χ2n) is 7.03. The molecule has 4 nitrogen and oxygen atoms in total. The number of para-hydroxylation sites is 2. The molecule has 0 radical (unpaired) electrons. The number of benzene rings is 3. The predicted octanol–water partition coefficient (Wildman–Crippen LogP) is 6.43. The lowest BCUT2D eigenvalue weighted by Gasteiger charge is -2.16. The number of nitrogens with zero attached hydrogens (tertiary/aromatic N) is 2. The molecule has 32 heavy (non-hydrogen) atoms. The van der Waals surface area contributed by atoms with Crippen molar-refractivity contribution in [3.63, 3.8) is 0 Å². The largest absolute Gasteiger partial charge is 0.418 e. The standard InChI is InChI=1S/C24H18F3N3OS/c1-15(22(31)29-20-14-8-6-12-18(20)24(25,26)27)32-23-17-11-5-7-13-19(17)28-21(30-23)16-9-3-2-4-10-16/h2-15H,1H3,(H,29,31)/t15-/m0/s1. The average molecular weight is 453 g/mol. The number of hydrogen-bond donors (Lipinski definition) is 1. The van der Waals surface area contributed by atoms with Gasteiger partial charge in [0.25, 0.3) is 0 Å². The van der Waals surface area contributed by atoms with Crippen LogP contribution in [0.4, 0.5) is 18.9 Å². The van der Waals surface area contributed by atoms with Crippen LogP contribution in [0.25, 0.3) is 22.3 Å². The summed E-state index contributed by atoms with van der Waals surface area (Å²) >= 11 is 1.18. The van der Waals surface area contributed by atoms with E-state index in [9.17, 15) is 18.0 Å². The normalized spacial score (nSPS) is 12.5. The Morgan fingerprint density at radius 2 is 1.56 bits per heavy atom. The Kier molecular flexibility index (Phi) is 6.14. The van der Waals surface area contributed by atoms with E-state index in [0.29, 0.717) is 10.9 Å². The first kappa shape index (κ1) is 21.8. The smallest absolute Gasteiger partial charge is 0.325 e. The van der Waals surface area contributed by atoms with Crippen LogP contribution in [-0.4, -0.2) is 21.1 Å². The number of amides is 1. The maximum Gasteiger partial charge on any atom is 0.418 e. The lowest BCUT2D eigenvalue weighted by atomic mass is 10.1. The van der Waals surface area contributed by atoms with Gasteiger partial charge in [-0.3, -0.25) is 4.79 Å². The number of hydrogen-bond acceptors (Lipinski definition) is 4. The average Bonchev–Trinajstić information content (AvgIpc) is 2.79. The lowest BCUT2D eigenvalue weighted by molar-refractivity contribution is -0.137. The van der Waals surface area contributed by atoms with Crippen molar-refractivity contribution in [1.29, 1.82) is 0 Å². The number of carbonyl (C=O) groups is 1. The highest BCUT2D eigenvalue weighted by atomic mass is 32.2. The number of thioether (sulfide) groups is 1. The molecule has 0 unspecified atom stereocenters. The van der Waals surface area contributed by atoms with Crippen molar-refractivity contribution in [2.24, 2.45) is 0 Å². The molecule has 1 amide bonds. The summed E-state index contributed by atoms with van der Waals surface area (Å²) in [5.74, 6) is -0.0301. The third-order valence-electron chi connectivity index (χ3n) is 4.75. The van der Waals surface area contributed by atoms with Crippen molar-refractivity contribution in [2.45, 2.75) is 23.4 Å². The minimum absolute atomic E-state index is 0.269. The van der Waals surface area contributed by atoms with Crippen molar-refractivity contribution in [3.05, 3.63) is 84.4 Å². The number of halogens is 3. The number of carbonyl (C=O) groups excluding carboxylic acids is 1. The molecule has 1 heterocycles. The molecule has 0 spiro atoms. The Labute approximate surface area is 186 Å². The first-order valence-electron chi connectivity index (χ1n) is 9.79. The highest BCUT2D eigenvalue weighted by Gasteiger charge is 2.34. The van der Waals surface area contributed by atoms with Gasteiger partial charge in [-0.05, 0) is 25.1 Å². The second kappa shape index (κ2) is 9.00. The van der Waals surface area contributed by atoms with Crippen LogP contribution in [0.1, 0.15) is 12.5 Å². The minimum atomic E-state index is -4.56. The van der Waals surface area contributed by atoms with Gasteiger partial charge >= 0.3 is 6.18 Å². The van der Waals surface area contributed by atoms with Gasteiger partial charge in [-0.2, -0.15) is 13.2 Å². The highest BCUT2D eigenvalue weighted by molar-refractivity contribution is 8.00. The Balaban J connectivity index is 1.63. The summed E-state index contributed by atoms with van der Waals surface area (Å²) in [4.78, 5) is 22.0. The zero-order valence-electron chi connectivity index (χ0n) is 16.9. The molecule has 1 aromatic heterocycles. The highest BCUT2D eigenvalue weighted by Crippen LogP contribution is 2.36. The molecule has 0 saturated carbocycles. The first-order chi connectivity index (χ1) is 15.3. The molecular formula is C24H18F3N3OS. The molecule has 4 aromatic rings. The van der Waals surface area contributed by atoms with E-state index in [-0.39, 0.29) is 5.69 Å². The van der Waals surface area contributed by atoms with Gasteiger partial charge in [0.1, 0.15) is 5.03 Å². The Bertz CT molecular complexity index is 1260. The molecule has 8 heteroatoms. The minimum Gasteiger partial charge on any atom is -0.325 e. The summed E-state index contributed by atoms with van der Waals surface area (Å²) in [5, 5.41) is 3.07. The van der Waals surface area contributed by atoms with Gasteiger partial charge in [-0.1, -0.05) is 72.4 Å². The van der Waals surface area contributed by atoms with Crippen molar-refractivity contribution in [3.8, 4) is 11.4 Å². The van der Waals surface area contributed by atoms with Gasteiger partial charge in [0.15, 0.2) is 5.82 Å². The van der Waals surface area contributed by atoms with Gasteiger partial charge < -0.3 is 5.32 Å². The van der Waals surface area contributed by atoms with Crippen LogP contribution in [0, 0.1) is 0 Å². The van der Waals surface area contributed by atoms with Crippen LogP contribution >= 0.6 is 11.8 Å². The second-order valence-corrected chi connectivity index (χ2v) is 8.36. The van der Waals surface area contributed by atoms with E-state index in [4.69, 9.17) is 0 Å². The van der Waals surface area contributed by atoms with E-state index in [1.807, 2.05) is 54.6 Å². The maximum atomic E-state index is 13.3. The van der Waals surface area contributed by atoms with E-state index < -0.39 is 22.9 Å². The fourth-order valence-corrected chi connectivity index (χ4v) is 4.09. The summed E-state index contributed by atoms with van der Waals surface area (Å²) in [6, 6.07) is 21.8. The Hall–Kier alpha value is -3.39. The molecule has 3 aromatic carbocycles. The predicted molar refractivity (Wildman–Crippen MR) is 120 cm³/mol. The van der Waals surface area contributed by atoms with E-state index >= 15 is 0 Å². The summed E-state index contributed by atoms with van der Waals surface area (Å²) in [7, 11) is 0. The van der Waals surface area contributed by atoms with E-state index in [2.05, 4.69) is 15.3 Å². The van der Waals surface area contributed by atoms with Crippen molar-refractivity contribution >= 4 is 34.3 Å². The van der Waals surface area contributed by atoms with Gasteiger partial charge in [0.05, 0.1) is 22.0 Å². The molecule has 162 valence electrons. The van der Waals surface area contributed by atoms with Crippen LogP contribution in [0.15, 0.2) is 83.9 Å². The first-order valence-corrected chi connectivity index (χ1v) is 10.7. The lowest BCUT2D eigenvalue weighted by Crippen LogP contribution is -2.24. The summed E-state index contributed by atoms with van der Waals surface area (Å²) in [6.07, 6.45) is -4.56. The molecule has 1 N–H and O–H groups in total. The van der Waals surface area contributed by atoms with Crippen molar-refractivity contribution in [2.75, 3.05) is 5.32 Å². The van der Waals surface area contributed by atoms with E-state index in [1.54, 1.807) is 6.92 Å². The maximum absolute atomic E-state index is 13.3. The number of fused-ring (bicyclic) bond motifs is 1. The number of aromatic nitrogens is 2. The van der Waals surface area contributed by atoms with Gasteiger partial charge in [-0.25, -0.2) is 9.97 Å². The molecule has 0 aliphatic heterocycles. The molecule has 0 saturated heterocycles. The van der Waals surface area contributed by atoms with Crippen LogP contribution in [-0.2, 0) is 11.0 Å². The topological polar surface area (TPSA) is 54.9 Å². The summed E-state index contributed by atoms with van der Waals surface area (Å²) < 4.78 is 39.8. The van der Waals surface area contributed by atoms with E-state index in [1.165, 1.54) is 30.0 Å². The van der Waals surface area contributed by atoms with Crippen molar-refractivity contribution in [1.82, 2.24) is 9.97 Å². The van der Waals surface area contributed by atoms with Crippen molar-refractivity contribution < 1.29 is 18.0 Å². The monoisotopic (exact) mass is 453 g/mol. The summed E-state index contributed by atoms with van der Waals surface area (Å²) in [5.41, 5.74) is 0.398.